The molecule has 1 heterocycles. The van der Waals surface area contributed by atoms with Crippen molar-refractivity contribution in [2.24, 2.45) is 0 Å². The lowest BCUT2D eigenvalue weighted by molar-refractivity contribution is 0.163. The molecule has 2 aromatic carbocycles. The normalized spacial score (nSPS) is 10.7. The van der Waals surface area contributed by atoms with Crippen LogP contribution in [0.2, 0.25) is 0 Å². The fourth-order valence-electron chi connectivity index (χ4n) is 2.24. The van der Waals surface area contributed by atoms with Crippen molar-refractivity contribution >= 4 is 10.8 Å². The molecule has 0 atom stereocenters. The van der Waals surface area contributed by atoms with E-state index in [9.17, 15) is 9.18 Å². The molecule has 0 unspecified atom stereocenters. The number of rotatable bonds is 2. The number of fused-ring (bicyclic) bond motifs is 1. The van der Waals surface area contributed by atoms with Crippen LogP contribution in [-0.2, 0) is 0 Å². The molecular weight excluding hydrogens is 257 g/mol. The molecule has 100 valence electrons. The van der Waals surface area contributed by atoms with Crippen molar-refractivity contribution in [3.05, 3.63) is 70.8 Å². The van der Waals surface area contributed by atoms with E-state index in [0.717, 1.165) is 10.9 Å². The molecule has 3 rings (SSSR count). The van der Waals surface area contributed by atoms with Gasteiger partial charge in [0.05, 0.1) is 11.1 Å². The van der Waals surface area contributed by atoms with Crippen LogP contribution in [-0.4, -0.2) is 11.8 Å². The van der Waals surface area contributed by atoms with Crippen LogP contribution in [0.15, 0.2) is 59.4 Å². The number of hydrogen-bond acceptors (Lipinski definition) is 2. The van der Waals surface area contributed by atoms with Crippen LogP contribution in [0.5, 0.6) is 0 Å². The molecule has 0 spiro atoms. The summed E-state index contributed by atoms with van der Waals surface area (Å²) in [4.78, 5) is 17.6. The standard InChI is InChI=1S/C16H12FNO2/c1-20-18-15(11-6-8-13(17)9-7-11)10-12-4-2-3-5-14(12)16(18)19/h2-10H,1H3. The highest BCUT2D eigenvalue weighted by Crippen LogP contribution is 2.21. The molecule has 0 fully saturated rings. The number of aromatic nitrogens is 1. The summed E-state index contributed by atoms with van der Waals surface area (Å²) in [6.45, 7) is 0. The van der Waals surface area contributed by atoms with E-state index in [1.54, 1.807) is 24.3 Å². The van der Waals surface area contributed by atoms with Crippen LogP contribution < -0.4 is 10.4 Å². The monoisotopic (exact) mass is 269 g/mol. The molecule has 1 aromatic heterocycles. The van der Waals surface area contributed by atoms with E-state index in [2.05, 4.69) is 0 Å². The summed E-state index contributed by atoms with van der Waals surface area (Å²) in [6.07, 6.45) is 0. The Labute approximate surface area is 114 Å². The van der Waals surface area contributed by atoms with Gasteiger partial charge in [-0.2, -0.15) is 0 Å². The van der Waals surface area contributed by atoms with E-state index in [1.807, 2.05) is 18.2 Å². The molecule has 4 heteroatoms. The van der Waals surface area contributed by atoms with Crippen molar-refractivity contribution in [1.29, 1.82) is 0 Å². The third-order valence-electron chi connectivity index (χ3n) is 3.21. The molecule has 20 heavy (non-hydrogen) atoms. The number of nitrogens with zero attached hydrogens (tertiary/aromatic N) is 1. The predicted molar refractivity (Wildman–Crippen MR) is 76.1 cm³/mol. The van der Waals surface area contributed by atoms with Crippen molar-refractivity contribution in [1.82, 2.24) is 4.73 Å². The Hall–Kier alpha value is -2.62. The quantitative estimate of drug-likeness (QED) is 0.716. The van der Waals surface area contributed by atoms with Gasteiger partial charge in [-0.15, -0.1) is 4.73 Å². The molecule has 3 aromatic rings. The van der Waals surface area contributed by atoms with E-state index < -0.39 is 0 Å². The lowest BCUT2D eigenvalue weighted by atomic mass is 10.1. The summed E-state index contributed by atoms with van der Waals surface area (Å²) in [5.74, 6) is -0.319. The highest BCUT2D eigenvalue weighted by molar-refractivity contribution is 5.85. The minimum absolute atomic E-state index is 0.232. The first kappa shape index (κ1) is 12.4. The fourth-order valence-corrected chi connectivity index (χ4v) is 2.24. The Kier molecular flexibility index (Phi) is 2.99. The molecule has 0 N–H and O–H groups in total. The fraction of sp³-hybridized carbons (Fsp3) is 0.0625. The average molecular weight is 269 g/mol. The van der Waals surface area contributed by atoms with Gasteiger partial charge in [-0.3, -0.25) is 4.79 Å². The van der Waals surface area contributed by atoms with Crippen LogP contribution >= 0.6 is 0 Å². The first-order valence-electron chi connectivity index (χ1n) is 6.16. The molecule has 0 amide bonds. The first-order chi connectivity index (χ1) is 9.70. The lowest BCUT2D eigenvalue weighted by Crippen LogP contribution is -2.26. The summed E-state index contributed by atoms with van der Waals surface area (Å²) in [6, 6.07) is 15.1. The van der Waals surface area contributed by atoms with Crippen LogP contribution in [0.25, 0.3) is 22.0 Å². The van der Waals surface area contributed by atoms with E-state index in [-0.39, 0.29) is 11.4 Å². The van der Waals surface area contributed by atoms with Gasteiger partial charge in [-0.1, -0.05) is 18.2 Å². The summed E-state index contributed by atoms with van der Waals surface area (Å²) in [5, 5.41) is 1.41. The van der Waals surface area contributed by atoms with Gasteiger partial charge in [-0.05, 0) is 41.8 Å². The zero-order valence-electron chi connectivity index (χ0n) is 10.8. The van der Waals surface area contributed by atoms with Gasteiger partial charge in [-0.25, -0.2) is 4.39 Å². The van der Waals surface area contributed by atoms with Gasteiger partial charge in [0.15, 0.2) is 0 Å². The molecule has 0 aliphatic carbocycles. The highest BCUT2D eigenvalue weighted by atomic mass is 19.1. The van der Waals surface area contributed by atoms with E-state index >= 15 is 0 Å². The van der Waals surface area contributed by atoms with E-state index in [0.29, 0.717) is 11.1 Å². The number of benzene rings is 2. The maximum absolute atomic E-state index is 13.0. The molecule has 0 radical (unpaired) electrons. The first-order valence-corrected chi connectivity index (χ1v) is 6.16. The molecule has 0 saturated carbocycles. The van der Waals surface area contributed by atoms with Crippen molar-refractivity contribution < 1.29 is 9.23 Å². The summed E-state index contributed by atoms with van der Waals surface area (Å²) in [5.41, 5.74) is 1.08. The maximum atomic E-state index is 13.0. The molecule has 0 bridgehead atoms. The molecular formula is C16H12FNO2. The van der Waals surface area contributed by atoms with Crippen LogP contribution in [0.1, 0.15) is 0 Å². The second-order valence-electron chi connectivity index (χ2n) is 4.41. The maximum Gasteiger partial charge on any atom is 0.291 e. The Morgan fingerprint density at radius 3 is 2.45 bits per heavy atom. The third-order valence-corrected chi connectivity index (χ3v) is 3.21. The topological polar surface area (TPSA) is 31.2 Å². The van der Waals surface area contributed by atoms with Crippen molar-refractivity contribution in [2.45, 2.75) is 0 Å². The number of halogens is 1. The predicted octanol–water partition coefficient (Wildman–Crippen LogP) is 2.87. The van der Waals surface area contributed by atoms with Gasteiger partial charge in [0.25, 0.3) is 5.56 Å². The highest BCUT2D eigenvalue weighted by Gasteiger charge is 2.11. The van der Waals surface area contributed by atoms with Crippen molar-refractivity contribution in [3.63, 3.8) is 0 Å². The summed E-state index contributed by atoms with van der Waals surface area (Å²) >= 11 is 0. The van der Waals surface area contributed by atoms with Gasteiger partial charge in [0.1, 0.15) is 12.9 Å². The minimum atomic E-state index is -0.319. The second-order valence-corrected chi connectivity index (χ2v) is 4.41. The van der Waals surface area contributed by atoms with E-state index in [1.165, 1.54) is 24.0 Å². The zero-order chi connectivity index (χ0) is 14.1. The zero-order valence-corrected chi connectivity index (χ0v) is 10.8. The van der Waals surface area contributed by atoms with Gasteiger partial charge in [0.2, 0.25) is 0 Å². The third kappa shape index (κ3) is 1.95. The Morgan fingerprint density at radius 1 is 1.05 bits per heavy atom. The van der Waals surface area contributed by atoms with Crippen LogP contribution in [0, 0.1) is 5.82 Å². The smallest absolute Gasteiger partial charge is 0.291 e. The van der Waals surface area contributed by atoms with Crippen molar-refractivity contribution in [3.8, 4) is 11.3 Å². The molecule has 0 aliphatic rings. The van der Waals surface area contributed by atoms with Crippen LogP contribution in [0.4, 0.5) is 4.39 Å². The summed E-state index contributed by atoms with van der Waals surface area (Å²) < 4.78 is 14.2. The second kappa shape index (κ2) is 4.81. The Morgan fingerprint density at radius 2 is 1.75 bits per heavy atom. The number of pyridine rings is 1. The van der Waals surface area contributed by atoms with Crippen molar-refractivity contribution in [2.75, 3.05) is 7.11 Å². The van der Waals surface area contributed by atoms with Gasteiger partial charge >= 0.3 is 0 Å². The van der Waals surface area contributed by atoms with Crippen LogP contribution in [0.3, 0.4) is 0 Å². The molecule has 3 nitrogen and oxygen atoms in total. The average Bonchev–Trinajstić information content (AvgIpc) is 2.48. The minimum Gasteiger partial charge on any atom is -0.413 e. The Balaban J connectivity index is 2.34. The van der Waals surface area contributed by atoms with Gasteiger partial charge < -0.3 is 4.84 Å². The van der Waals surface area contributed by atoms with E-state index in [4.69, 9.17) is 4.84 Å². The Bertz CT molecular complexity index is 822. The number of hydrogen-bond donors (Lipinski definition) is 0. The summed E-state index contributed by atoms with van der Waals surface area (Å²) in [7, 11) is 1.43. The molecule has 0 aliphatic heterocycles. The van der Waals surface area contributed by atoms with Gasteiger partial charge in [0, 0.05) is 5.56 Å². The SMILES string of the molecule is COn1c(-c2ccc(F)cc2)cc2ccccc2c1=O. The largest absolute Gasteiger partial charge is 0.413 e. The lowest BCUT2D eigenvalue weighted by Gasteiger charge is -2.12. The molecule has 0 saturated heterocycles.